The number of nitrogens with zero attached hydrogens (tertiary/aromatic N) is 2. The van der Waals surface area contributed by atoms with Gasteiger partial charge in [-0.05, 0) is 30.7 Å². The highest BCUT2D eigenvalue weighted by Gasteiger charge is 2.24. The van der Waals surface area contributed by atoms with Gasteiger partial charge in [0.2, 0.25) is 0 Å². The summed E-state index contributed by atoms with van der Waals surface area (Å²) in [6.07, 6.45) is 2.59. The van der Waals surface area contributed by atoms with Gasteiger partial charge in [-0.3, -0.25) is 9.48 Å². The zero-order chi connectivity index (χ0) is 19.3. The molecule has 2 aromatic rings. The maximum Gasteiger partial charge on any atom is 0.326 e. The number of carboxylic acid groups (broad SMARTS) is 1. The van der Waals surface area contributed by atoms with Gasteiger partial charge < -0.3 is 10.4 Å². The quantitative estimate of drug-likeness (QED) is 0.797. The van der Waals surface area contributed by atoms with Gasteiger partial charge in [0.1, 0.15) is 6.04 Å². The van der Waals surface area contributed by atoms with E-state index >= 15 is 0 Å². The van der Waals surface area contributed by atoms with E-state index < -0.39 is 17.9 Å². The molecular formula is C20H27N3O3. The summed E-state index contributed by atoms with van der Waals surface area (Å²) >= 11 is 0. The van der Waals surface area contributed by atoms with Gasteiger partial charge in [-0.25, -0.2) is 4.79 Å². The van der Waals surface area contributed by atoms with Crippen molar-refractivity contribution >= 4 is 11.9 Å². The third-order valence-electron chi connectivity index (χ3n) is 4.31. The number of carbonyl (C=O) groups is 2. The van der Waals surface area contributed by atoms with Crippen molar-refractivity contribution in [1.29, 1.82) is 0 Å². The van der Waals surface area contributed by atoms with Gasteiger partial charge in [-0.15, -0.1) is 0 Å². The van der Waals surface area contributed by atoms with Crippen LogP contribution in [0.2, 0.25) is 0 Å². The van der Waals surface area contributed by atoms with E-state index in [1.165, 1.54) is 6.20 Å². The van der Waals surface area contributed by atoms with E-state index in [1.54, 1.807) is 4.68 Å². The fourth-order valence-electron chi connectivity index (χ4n) is 2.66. The van der Waals surface area contributed by atoms with E-state index in [1.807, 2.05) is 58.0 Å². The van der Waals surface area contributed by atoms with E-state index in [0.717, 1.165) is 5.56 Å². The second kappa shape index (κ2) is 8.17. The molecule has 140 valence electrons. The molecule has 0 bridgehead atoms. The number of amides is 1. The Morgan fingerprint density at radius 2 is 1.88 bits per heavy atom. The Kier molecular flexibility index (Phi) is 6.18. The van der Waals surface area contributed by atoms with Crippen LogP contribution in [0.3, 0.4) is 0 Å². The molecule has 0 saturated heterocycles. The minimum absolute atomic E-state index is 0.00884. The van der Waals surface area contributed by atoms with Crippen molar-refractivity contribution in [1.82, 2.24) is 15.1 Å². The molecule has 0 spiro atoms. The molecule has 1 aromatic carbocycles. The first-order valence-electron chi connectivity index (χ1n) is 8.77. The third-order valence-corrected chi connectivity index (χ3v) is 4.31. The van der Waals surface area contributed by atoms with Crippen molar-refractivity contribution in [2.24, 2.45) is 5.41 Å². The second-order valence-corrected chi connectivity index (χ2v) is 7.75. The van der Waals surface area contributed by atoms with Gasteiger partial charge in [0.15, 0.2) is 0 Å². The standard InChI is InChI=1S/C20H27N3O3/c1-14-16(12-21-23(14)13-15-8-6-5-7-9-15)18(24)22-17(19(25)26)10-11-20(2,3)4/h5-9,12,17H,10-11,13H2,1-4H3,(H,22,24)(H,25,26). The van der Waals surface area contributed by atoms with Crippen LogP contribution in [0.15, 0.2) is 36.5 Å². The fraction of sp³-hybridized carbons (Fsp3) is 0.450. The number of benzene rings is 1. The van der Waals surface area contributed by atoms with E-state index in [0.29, 0.717) is 30.6 Å². The molecule has 2 N–H and O–H groups in total. The largest absolute Gasteiger partial charge is 0.480 e. The predicted molar refractivity (Wildman–Crippen MR) is 100 cm³/mol. The normalized spacial score (nSPS) is 12.6. The first-order chi connectivity index (χ1) is 12.2. The van der Waals surface area contributed by atoms with Gasteiger partial charge in [0.05, 0.1) is 18.3 Å². The molecule has 1 atom stereocenters. The van der Waals surface area contributed by atoms with Crippen LogP contribution in [0, 0.1) is 12.3 Å². The van der Waals surface area contributed by atoms with Crippen LogP contribution in [-0.4, -0.2) is 32.8 Å². The lowest BCUT2D eigenvalue weighted by molar-refractivity contribution is -0.139. The lowest BCUT2D eigenvalue weighted by atomic mass is 9.88. The molecule has 1 amide bonds. The number of rotatable bonds is 7. The molecule has 26 heavy (non-hydrogen) atoms. The van der Waals surface area contributed by atoms with Crippen LogP contribution in [0.25, 0.3) is 0 Å². The number of hydrogen-bond acceptors (Lipinski definition) is 3. The highest BCUT2D eigenvalue weighted by Crippen LogP contribution is 2.22. The van der Waals surface area contributed by atoms with Gasteiger partial charge >= 0.3 is 5.97 Å². The zero-order valence-electron chi connectivity index (χ0n) is 15.8. The van der Waals surface area contributed by atoms with Crippen molar-refractivity contribution in [3.63, 3.8) is 0 Å². The number of hydrogen-bond donors (Lipinski definition) is 2. The van der Waals surface area contributed by atoms with Gasteiger partial charge in [0, 0.05) is 5.69 Å². The van der Waals surface area contributed by atoms with E-state index in [4.69, 9.17) is 0 Å². The molecule has 0 aliphatic heterocycles. The smallest absolute Gasteiger partial charge is 0.326 e. The summed E-state index contributed by atoms with van der Waals surface area (Å²) in [6.45, 7) is 8.52. The Balaban J connectivity index is 2.07. The van der Waals surface area contributed by atoms with E-state index in [9.17, 15) is 14.7 Å². The van der Waals surface area contributed by atoms with Crippen LogP contribution in [0.1, 0.15) is 55.2 Å². The highest BCUT2D eigenvalue weighted by molar-refractivity contribution is 5.97. The molecule has 1 aromatic heterocycles. The first kappa shape index (κ1) is 19.7. The van der Waals surface area contributed by atoms with Crippen LogP contribution in [0.4, 0.5) is 0 Å². The molecule has 6 nitrogen and oxygen atoms in total. The number of carboxylic acids is 1. The maximum atomic E-state index is 12.5. The van der Waals surface area contributed by atoms with Crippen molar-refractivity contribution in [3.8, 4) is 0 Å². The van der Waals surface area contributed by atoms with Gasteiger partial charge in [0.25, 0.3) is 5.91 Å². The second-order valence-electron chi connectivity index (χ2n) is 7.75. The Bertz CT molecular complexity index is 760. The Hall–Kier alpha value is -2.63. The molecule has 0 radical (unpaired) electrons. The summed E-state index contributed by atoms with van der Waals surface area (Å²) < 4.78 is 1.75. The molecular weight excluding hydrogens is 330 g/mol. The summed E-state index contributed by atoms with van der Waals surface area (Å²) in [6, 6.07) is 8.94. The Labute approximate surface area is 154 Å². The van der Waals surface area contributed by atoms with Crippen molar-refractivity contribution < 1.29 is 14.7 Å². The van der Waals surface area contributed by atoms with Gasteiger partial charge in [-0.1, -0.05) is 51.1 Å². The SMILES string of the molecule is Cc1c(C(=O)NC(CCC(C)(C)C)C(=O)O)cnn1Cc1ccccc1. The molecule has 0 aliphatic carbocycles. The average molecular weight is 357 g/mol. The van der Waals surface area contributed by atoms with Crippen LogP contribution in [-0.2, 0) is 11.3 Å². The lowest BCUT2D eigenvalue weighted by Crippen LogP contribution is -2.41. The van der Waals surface area contributed by atoms with Crippen molar-refractivity contribution in [2.45, 2.75) is 53.1 Å². The predicted octanol–water partition coefficient (Wildman–Crippen LogP) is 3.25. The molecule has 2 rings (SSSR count). The van der Waals surface area contributed by atoms with Crippen molar-refractivity contribution in [3.05, 3.63) is 53.3 Å². The molecule has 1 heterocycles. The highest BCUT2D eigenvalue weighted by atomic mass is 16.4. The number of carbonyl (C=O) groups excluding carboxylic acids is 1. The van der Waals surface area contributed by atoms with Crippen LogP contribution >= 0.6 is 0 Å². The third kappa shape index (κ3) is 5.44. The minimum atomic E-state index is -1.02. The molecule has 0 aliphatic rings. The van der Waals surface area contributed by atoms with E-state index in [2.05, 4.69) is 10.4 Å². The molecule has 0 fully saturated rings. The lowest BCUT2D eigenvalue weighted by Gasteiger charge is -2.21. The first-order valence-corrected chi connectivity index (χ1v) is 8.77. The average Bonchev–Trinajstić information content (AvgIpc) is 2.92. The Morgan fingerprint density at radius 1 is 1.23 bits per heavy atom. The number of aliphatic carboxylic acids is 1. The van der Waals surface area contributed by atoms with E-state index in [-0.39, 0.29) is 5.41 Å². The monoisotopic (exact) mass is 357 g/mol. The van der Waals surface area contributed by atoms with Crippen molar-refractivity contribution in [2.75, 3.05) is 0 Å². The number of nitrogens with one attached hydrogen (secondary N) is 1. The van der Waals surface area contributed by atoms with Crippen LogP contribution in [0.5, 0.6) is 0 Å². The zero-order valence-corrected chi connectivity index (χ0v) is 15.8. The number of aromatic nitrogens is 2. The summed E-state index contributed by atoms with van der Waals surface area (Å²) in [5, 5.41) is 16.3. The summed E-state index contributed by atoms with van der Waals surface area (Å²) in [4.78, 5) is 24.0. The summed E-state index contributed by atoms with van der Waals surface area (Å²) in [5.41, 5.74) is 2.21. The topological polar surface area (TPSA) is 84.2 Å². The van der Waals surface area contributed by atoms with Crippen LogP contribution < -0.4 is 5.32 Å². The minimum Gasteiger partial charge on any atom is -0.480 e. The molecule has 6 heteroatoms. The Morgan fingerprint density at radius 3 is 2.46 bits per heavy atom. The molecule has 0 saturated carbocycles. The fourth-order valence-corrected chi connectivity index (χ4v) is 2.66. The molecule has 1 unspecified atom stereocenters. The van der Waals surface area contributed by atoms with Gasteiger partial charge in [-0.2, -0.15) is 5.10 Å². The summed E-state index contributed by atoms with van der Waals surface area (Å²) in [5.74, 6) is -1.42. The maximum absolute atomic E-state index is 12.5. The summed E-state index contributed by atoms with van der Waals surface area (Å²) in [7, 11) is 0.